The minimum atomic E-state index is 0.0694. The van der Waals surface area contributed by atoms with Crippen molar-refractivity contribution in [3.05, 3.63) is 0 Å². The Morgan fingerprint density at radius 3 is 2.31 bits per heavy atom. The summed E-state index contributed by atoms with van der Waals surface area (Å²) in [5.41, 5.74) is 7.08. The maximum absolute atomic E-state index is 6.41. The second-order valence-corrected chi connectivity index (χ2v) is 6.72. The Morgan fingerprint density at radius 2 is 1.88 bits per heavy atom. The highest BCUT2D eigenvalue weighted by Crippen LogP contribution is 2.40. The van der Waals surface area contributed by atoms with E-state index in [2.05, 4.69) is 25.7 Å². The zero-order valence-electron chi connectivity index (χ0n) is 11.3. The van der Waals surface area contributed by atoms with Crippen molar-refractivity contribution in [1.29, 1.82) is 0 Å². The molecule has 0 aromatic heterocycles. The molecule has 0 aromatic rings. The zero-order chi connectivity index (χ0) is 11.8. The van der Waals surface area contributed by atoms with Crippen LogP contribution in [0.1, 0.15) is 52.9 Å². The lowest BCUT2D eigenvalue weighted by Crippen LogP contribution is -2.52. The molecule has 2 heteroatoms. The van der Waals surface area contributed by atoms with Crippen molar-refractivity contribution >= 4 is 0 Å². The molecule has 2 nitrogen and oxygen atoms in total. The predicted molar refractivity (Wildman–Crippen MR) is 69.4 cm³/mol. The van der Waals surface area contributed by atoms with Crippen molar-refractivity contribution in [2.75, 3.05) is 19.6 Å². The van der Waals surface area contributed by atoms with Crippen LogP contribution < -0.4 is 5.73 Å². The molecule has 2 fully saturated rings. The summed E-state index contributed by atoms with van der Waals surface area (Å²) in [5, 5.41) is 0. The molecule has 0 amide bonds. The van der Waals surface area contributed by atoms with Crippen LogP contribution in [0.25, 0.3) is 0 Å². The summed E-state index contributed by atoms with van der Waals surface area (Å²) >= 11 is 0. The highest BCUT2D eigenvalue weighted by atomic mass is 15.2. The van der Waals surface area contributed by atoms with Gasteiger partial charge in [-0.15, -0.1) is 0 Å². The maximum Gasteiger partial charge on any atom is 0.0283 e. The lowest BCUT2D eigenvalue weighted by Gasteiger charge is -2.42. The molecule has 1 aliphatic heterocycles. The van der Waals surface area contributed by atoms with Crippen LogP contribution in [0, 0.1) is 11.3 Å². The van der Waals surface area contributed by atoms with E-state index in [0.717, 1.165) is 12.5 Å². The van der Waals surface area contributed by atoms with Crippen LogP contribution in [0.3, 0.4) is 0 Å². The van der Waals surface area contributed by atoms with Gasteiger partial charge in [-0.05, 0) is 57.0 Å². The average molecular weight is 224 g/mol. The summed E-state index contributed by atoms with van der Waals surface area (Å²) in [6.45, 7) is 10.6. The average Bonchev–Trinajstić information content (AvgIpc) is 3.05. The molecule has 2 rings (SSSR count). The van der Waals surface area contributed by atoms with Crippen molar-refractivity contribution in [2.24, 2.45) is 17.1 Å². The largest absolute Gasteiger partial charge is 0.324 e. The van der Waals surface area contributed by atoms with E-state index in [-0.39, 0.29) is 5.54 Å². The highest BCUT2D eigenvalue weighted by Gasteiger charge is 2.40. The van der Waals surface area contributed by atoms with Crippen LogP contribution in [0.5, 0.6) is 0 Å². The lowest BCUT2D eigenvalue weighted by molar-refractivity contribution is 0.0933. The molecule has 1 unspecified atom stereocenters. The molecule has 94 valence electrons. The Bertz CT molecular complexity index is 235. The molecule has 1 atom stereocenters. The molecular weight excluding hydrogens is 196 g/mol. The number of hydrogen-bond acceptors (Lipinski definition) is 2. The van der Waals surface area contributed by atoms with Gasteiger partial charge in [0.2, 0.25) is 0 Å². The third-order valence-corrected chi connectivity index (χ3v) is 4.99. The first-order valence-corrected chi connectivity index (χ1v) is 6.96. The van der Waals surface area contributed by atoms with E-state index in [0.29, 0.717) is 5.41 Å². The fourth-order valence-electron chi connectivity index (χ4n) is 2.96. The lowest BCUT2D eigenvalue weighted by atomic mass is 9.78. The van der Waals surface area contributed by atoms with Gasteiger partial charge >= 0.3 is 0 Å². The molecule has 2 aliphatic rings. The van der Waals surface area contributed by atoms with Crippen LogP contribution in [-0.4, -0.2) is 30.1 Å². The fraction of sp³-hybridized carbons (Fsp3) is 1.00. The normalized spacial score (nSPS) is 30.0. The first-order valence-electron chi connectivity index (χ1n) is 6.96. The van der Waals surface area contributed by atoms with Gasteiger partial charge < -0.3 is 10.6 Å². The van der Waals surface area contributed by atoms with E-state index in [9.17, 15) is 0 Å². The monoisotopic (exact) mass is 224 g/mol. The van der Waals surface area contributed by atoms with Gasteiger partial charge in [0.05, 0.1) is 0 Å². The SMILES string of the molecule is CCC1(C)CCN(CC(C)(N)C2CC2)CC1. The number of likely N-dealkylation sites (tertiary alicyclic amines) is 1. The molecule has 1 heterocycles. The topological polar surface area (TPSA) is 29.3 Å². The number of rotatable bonds is 4. The molecule has 2 N–H and O–H groups in total. The fourth-order valence-corrected chi connectivity index (χ4v) is 2.96. The van der Waals surface area contributed by atoms with Gasteiger partial charge in [-0.2, -0.15) is 0 Å². The summed E-state index contributed by atoms with van der Waals surface area (Å²) in [7, 11) is 0. The van der Waals surface area contributed by atoms with Gasteiger partial charge in [0.25, 0.3) is 0 Å². The molecule has 0 spiro atoms. The van der Waals surface area contributed by atoms with E-state index >= 15 is 0 Å². The van der Waals surface area contributed by atoms with Crippen LogP contribution >= 0.6 is 0 Å². The minimum absolute atomic E-state index is 0.0694. The molecule has 16 heavy (non-hydrogen) atoms. The molecule has 0 bridgehead atoms. The summed E-state index contributed by atoms with van der Waals surface area (Å²) in [4.78, 5) is 2.59. The molecule has 0 aromatic carbocycles. The van der Waals surface area contributed by atoms with Crippen LogP contribution in [-0.2, 0) is 0 Å². The Morgan fingerprint density at radius 1 is 1.31 bits per heavy atom. The van der Waals surface area contributed by atoms with Crippen LogP contribution in [0.15, 0.2) is 0 Å². The van der Waals surface area contributed by atoms with Crippen LogP contribution in [0.2, 0.25) is 0 Å². The van der Waals surface area contributed by atoms with E-state index < -0.39 is 0 Å². The molecule has 1 saturated heterocycles. The molecule has 1 aliphatic carbocycles. The Kier molecular flexibility index (Phi) is 3.33. The van der Waals surface area contributed by atoms with Gasteiger partial charge in [0, 0.05) is 12.1 Å². The van der Waals surface area contributed by atoms with Crippen molar-refractivity contribution in [1.82, 2.24) is 4.90 Å². The van der Waals surface area contributed by atoms with E-state index in [4.69, 9.17) is 5.73 Å². The van der Waals surface area contributed by atoms with Gasteiger partial charge in [-0.25, -0.2) is 0 Å². The Balaban J connectivity index is 1.81. The Labute approximate surface area is 101 Å². The van der Waals surface area contributed by atoms with E-state index in [1.807, 2.05) is 0 Å². The minimum Gasteiger partial charge on any atom is -0.324 e. The van der Waals surface area contributed by atoms with E-state index in [1.165, 1.54) is 45.2 Å². The third kappa shape index (κ3) is 2.78. The van der Waals surface area contributed by atoms with Crippen molar-refractivity contribution < 1.29 is 0 Å². The third-order valence-electron chi connectivity index (χ3n) is 4.99. The number of piperidine rings is 1. The number of hydrogen-bond donors (Lipinski definition) is 1. The molecular formula is C14H28N2. The summed E-state index contributed by atoms with van der Waals surface area (Å²) < 4.78 is 0. The van der Waals surface area contributed by atoms with E-state index in [1.54, 1.807) is 0 Å². The van der Waals surface area contributed by atoms with Gasteiger partial charge in [0.15, 0.2) is 0 Å². The van der Waals surface area contributed by atoms with Gasteiger partial charge in [-0.3, -0.25) is 0 Å². The molecule has 1 saturated carbocycles. The highest BCUT2D eigenvalue weighted by molar-refractivity contribution is 4.98. The second kappa shape index (κ2) is 4.30. The summed E-state index contributed by atoms with van der Waals surface area (Å²) in [6.07, 6.45) is 6.74. The van der Waals surface area contributed by atoms with Crippen molar-refractivity contribution in [2.45, 2.75) is 58.4 Å². The summed E-state index contributed by atoms with van der Waals surface area (Å²) in [6, 6.07) is 0. The standard InChI is InChI=1S/C14H28N2/c1-4-13(2)7-9-16(10-8-13)11-14(3,15)12-5-6-12/h12H,4-11,15H2,1-3H3. The van der Waals surface area contributed by atoms with Crippen molar-refractivity contribution in [3.63, 3.8) is 0 Å². The van der Waals surface area contributed by atoms with Gasteiger partial charge in [0.1, 0.15) is 0 Å². The number of nitrogens with zero attached hydrogens (tertiary/aromatic N) is 1. The Hall–Kier alpha value is -0.0800. The van der Waals surface area contributed by atoms with Crippen LogP contribution in [0.4, 0.5) is 0 Å². The first kappa shape index (κ1) is 12.4. The number of nitrogens with two attached hydrogens (primary N) is 1. The van der Waals surface area contributed by atoms with Crippen molar-refractivity contribution in [3.8, 4) is 0 Å². The second-order valence-electron chi connectivity index (χ2n) is 6.72. The summed E-state index contributed by atoms with van der Waals surface area (Å²) in [5.74, 6) is 0.798. The smallest absolute Gasteiger partial charge is 0.0283 e. The predicted octanol–water partition coefficient (Wildman–Crippen LogP) is 2.63. The quantitative estimate of drug-likeness (QED) is 0.795. The zero-order valence-corrected chi connectivity index (χ0v) is 11.3. The van der Waals surface area contributed by atoms with Gasteiger partial charge in [-0.1, -0.05) is 20.3 Å². The molecule has 0 radical (unpaired) electrons. The first-order chi connectivity index (χ1) is 7.45. The maximum atomic E-state index is 6.41.